The molecule has 0 spiro atoms. The van der Waals surface area contributed by atoms with Crippen LogP contribution in [0.15, 0.2) is 47.2 Å². The molecule has 1 amide bonds. The topological polar surface area (TPSA) is 84.2 Å². The Morgan fingerprint density at radius 3 is 2.71 bits per heavy atom. The summed E-state index contributed by atoms with van der Waals surface area (Å²) in [5, 5.41) is 16.4. The Morgan fingerprint density at radius 1 is 1.25 bits per heavy atom. The van der Waals surface area contributed by atoms with Gasteiger partial charge in [-0.05, 0) is 5.56 Å². The number of carbonyl (C=O) groups is 1. The number of aromatic nitrogens is 3. The lowest BCUT2D eigenvalue weighted by molar-refractivity contribution is -0.129. The Balaban J connectivity index is 1.77. The van der Waals surface area contributed by atoms with E-state index in [0.717, 1.165) is 5.56 Å². The Hall–Kier alpha value is -2.74. The summed E-state index contributed by atoms with van der Waals surface area (Å²) in [7, 11) is 3.48. The molecule has 7 nitrogen and oxygen atoms in total. The van der Waals surface area contributed by atoms with Crippen LogP contribution in [-0.4, -0.2) is 46.3 Å². The highest BCUT2D eigenvalue weighted by Gasteiger charge is 2.22. The first-order valence-electron chi connectivity index (χ1n) is 7.39. The molecule has 24 heavy (non-hydrogen) atoms. The van der Waals surface area contributed by atoms with Crippen molar-refractivity contribution < 1.29 is 9.32 Å². The van der Waals surface area contributed by atoms with E-state index in [1.165, 1.54) is 17.6 Å². The zero-order chi connectivity index (χ0) is 16.9. The van der Waals surface area contributed by atoms with E-state index in [1.807, 2.05) is 30.3 Å². The molecule has 3 rings (SSSR count). The van der Waals surface area contributed by atoms with Crippen LogP contribution in [0.4, 0.5) is 5.13 Å². The highest BCUT2D eigenvalue weighted by Crippen LogP contribution is 2.25. The summed E-state index contributed by atoms with van der Waals surface area (Å²) in [4.78, 5) is 14.0. The third-order valence-corrected chi connectivity index (χ3v) is 4.28. The summed E-state index contributed by atoms with van der Waals surface area (Å²) >= 11 is 1.33. The maximum absolute atomic E-state index is 12.5. The molecule has 2 heterocycles. The average molecular weight is 343 g/mol. The maximum Gasteiger partial charge on any atom is 0.244 e. The Bertz CT molecular complexity index is 786. The van der Waals surface area contributed by atoms with Gasteiger partial charge in [-0.2, -0.15) is 0 Å². The molecule has 1 atom stereocenters. The van der Waals surface area contributed by atoms with Gasteiger partial charge in [0.2, 0.25) is 11.0 Å². The van der Waals surface area contributed by atoms with Crippen LogP contribution in [0.2, 0.25) is 0 Å². The number of nitrogens with zero attached hydrogens (tertiary/aromatic N) is 4. The minimum absolute atomic E-state index is 0.0166. The van der Waals surface area contributed by atoms with Gasteiger partial charge in [-0.15, -0.1) is 10.2 Å². The van der Waals surface area contributed by atoms with E-state index in [-0.39, 0.29) is 5.91 Å². The molecule has 0 saturated carbocycles. The minimum Gasteiger partial charge on any atom is -0.364 e. The van der Waals surface area contributed by atoms with E-state index in [1.54, 1.807) is 25.1 Å². The summed E-state index contributed by atoms with van der Waals surface area (Å²) in [5.74, 6) is -0.0166. The Kier molecular flexibility index (Phi) is 4.85. The highest BCUT2D eigenvalue weighted by atomic mass is 32.1. The number of nitrogens with one attached hydrogen (secondary N) is 1. The van der Waals surface area contributed by atoms with Crippen LogP contribution in [0.1, 0.15) is 5.56 Å². The van der Waals surface area contributed by atoms with Crippen molar-refractivity contribution in [2.75, 3.05) is 19.4 Å². The van der Waals surface area contributed by atoms with Gasteiger partial charge < -0.3 is 14.7 Å². The summed E-state index contributed by atoms with van der Waals surface area (Å²) < 4.78 is 4.82. The van der Waals surface area contributed by atoms with Gasteiger partial charge in [0.1, 0.15) is 18.0 Å². The van der Waals surface area contributed by atoms with Crippen LogP contribution in [0.25, 0.3) is 10.7 Å². The fourth-order valence-corrected chi connectivity index (χ4v) is 2.98. The molecule has 0 aliphatic rings. The lowest BCUT2D eigenvalue weighted by Crippen LogP contribution is -2.40. The molecule has 124 valence electrons. The number of rotatable bonds is 6. The third-order valence-electron chi connectivity index (χ3n) is 3.40. The van der Waals surface area contributed by atoms with Crippen molar-refractivity contribution in [3.8, 4) is 10.7 Å². The number of likely N-dealkylation sites (N-methyl/N-ethyl adjacent to an activating group) is 1. The van der Waals surface area contributed by atoms with Gasteiger partial charge in [-0.25, -0.2) is 0 Å². The second-order valence-electron chi connectivity index (χ2n) is 5.42. The standard InChI is InChI=1S/C16H17N5O2S/c1-21(2)15(22)13(10-11-6-4-3-5-7-11)17-16-19-18-14(24-16)12-8-9-23-20-12/h3-9,13H,10H2,1-2H3,(H,17,19)/t13-/m1/s1. The monoisotopic (exact) mass is 343 g/mol. The number of carbonyl (C=O) groups excluding carboxylic acids is 1. The van der Waals surface area contributed by atoms with Gasteiger partial charge in [0, 0.05) is 26.6 Å². The number of benzene rings is 1. The largest absolute Gasteiger partial charge is 0.364 e. The van der Waals surface area contributed by atoms with Crippen LogP contribution in [0.5, 0.6) is 0 Å². The second kappa shape index (κ2) is 7.22. The molecule has 0 fully saturated rings. The predicted molar refractivity (Wildman–Crippen MR) is 91.7 cm³/mol. The van der Waals surface area contributed by atoms with Crippen molar-refractivity contribution in [3.63, 3.8) is 0 Å². The molecule has 0 unspecified atom stereocenters. The number of hydrogen-bond donors (Lipinski definition) is 1. The van der Waals surface area contributed by atoms with Crippen molar-refractivity contribution in [2.24, 2.45) is 0 Å². The van der Waals surface area contributed by atoms with Crippen molar-refractivity contribution in [1.82, 2.24) is 20.3 Å². The molecule has 0 aliphatic heterocycles. The number of amides is 1. The predicted octanol–water partition coefficient (Wildman–Crippen LogP) is 2.30. The van der Waals surface area contributed by atoms with Crippen molar-refractivity contribution in [2.45, 2.75) is 12.5 Å². The van der Waals surface area contributed by atoms with Crippen molar-refractivity contribution in [3.05, 3.63) is 48.2 Å². The summed E-state index contributed by atoms with van der Waals surface area (Å²) in [6, 6.07) is 11.2. The molecule has 3 aromatic rings. The van der Waals surface area contributed by atoms with Gasteiger partial charge in [0.15, 0.2) is 5.01 Å². The number of hydrogen-bond acceptors (Lipinski definition) is 7. The smallest absolute Gasteiger partial charge is 0.244 e. The van der Waals surface area contributed by atoms with E-state index < -0.39 is 6.04 Å². The average Bonchev–Trinajstić information content (AvgIpc) is 3.25. The normalized spacial score (nSPS) is 11.9. The van der Waals surface area contributed by atoms with Crippen molar-refractivity contribution in [1.29, 1.82) is 0 Å². The Morgan fingerprint density at radius 2 is 2.04 bits per heavy atom. The highest BCUT2D eigenvalue weighted by molar-refractivity contribution is 7.18. The molecule has 0 saturated heterocycles. The van der Waals surface area contributed by atoms with Gasteiger partial charge in [0.25, 0.3) is 0 Å². The fourth-order valence-electron chi connectivity index (χ4n) is 2.22. The first kappa shape index (κ1) is 16.1. The van der Waals surface area contributed by atoms with E-state index in [4.69, 9.17) is 4.52 Å². The molecule has 1 aromatic carbocycles. The van der Waals surface area contributed by atoms with Crippen LogP contribution in [0, 0.1) is 0 Å². The quantitative estimate of drug-likeness (QED) is 0.739. The van der Waals surface area contributed by atoms with Gasteiger partial charge in [0.05, 0.1) is 0 Å². The molecule has 0 aliphatic carbocycles. The first-order valence-corrected chi connectivity index (χ1v) is 8.21. The van der Waals surface area contributed by atoms with E-state index in [0.29, 0.717) is 22.3 Å². The SMILES string of the molecule is CN(C)C(=O)[C@@H](Cc1ccccc1)Nc1nnc(-c2ccon2)s1. The van der Waals surface area contributed by atoms with Crippen LogP contribution >= 0.6 is 11.3 Å². The third kappa shape index (κ3) is 3.77. The van der Waals surface area contributed by atoms with Gasteiger partial charge in [-0.3, -0.25) is 4.79 Å². The maximum atomic E-state index is 12.5. The molecule has 0 radical (unpaired) electrons. The minimum atomic E-state index is -0.416. The van der Waals surface area contributed by atoms with Crippen LogP contribution in [0.3, 0.4) is 0 Å². The molecular formula is C16H17N5O2S. The van der Waals surface area contributed by atoms with Crippen LogP contribution < -0.4 is 5.32 Å². The molecular weight excluding hydrogens is 326 g/mol. The zero-order valence-corrected chi connectivity index (χ0v) is 14.2. The van der Waals surface area contributed by atoms with E-state index in [9.17, 15) is 4.79 Å². The first-order chi connectivity index (χ1) is 11.6. The molecule has 1 N–H and O–H groups in total. The van der Waals surface area contributed by atoms with Gasteiger partial charge >= 0.3 is 0 Å². The fraction of sp³-hybridized carbons (Fsp3) is 0.250. The Labute approximate surface area is 143 Å². The van der Waals surface area contributed by atoms with Crippen molar-refractivity contribution >= 4 is 22.4 Å². The summed E-state index contributed by atoms with van der Waals surface area (Å²) in [6.07, 6.45) is 2.05. The lowest BCUT2D eigenvalue weighted by atomic mass is 10.1. The summed E-state index contributed by atoms with van der Waals surface area (Å²) in [6.45, 7) is 0. The van der Waals surface area contributed by atoms with E-state index in [2.05, 4.69) is 20.7 Å². The lowest BCUT2D eigenvalue weighted by Gasteiger charge is -2.21. The molecule has 2 aromatic heterocycles. The van der Waals surface area contributed by atoms with Crippen LogP contribution in [-0.2, 0) is 11.2 Å². The van der Waals surface area contributed by atoms with Gasteiger partial charge in [-0.1, -0.05) is 46.8 Å². The summed E-state index contributed by atoms with van der Waals surface area (Å²) in [5.41, 5.74) is 1.70. The second-order valence-corrected chi connectivity index (χ2v) is 6.39. The number of anilines is 1. The molecule has 0 bridgehead atoms. The molecule has 8 heteroatoms. The van der Waals surface area contributed by atoms with E-state index >= 15 is 0 Å². The zero-order valence-electron chi connectivity index (χ0n) is 13.3.